The van der Waals surface area contributed by atoms with E-state index in [1.165, 1.54) is 5.56 Å². The third kappa shape index (κ3) is 4.00. The molecule has 0 heterocycles. The quantitative estimate of drug-likeness (QED) is 0.770. The lowest BCUT2D eigenvalue weighted by molar-refractivity contribution is 0.0819. The van der Waals surface area contributed by atoms with Crippen LogP contribution in [0, 0.1) is 0 Å². The molecule has 102 valence electrons. The molecule has 0 amide bonds. The summed E-state index contributed by atoms with van der Waals surface area (Å²) in [5.74, 6) is 0.942. The minimum absolute atomic E-state index is 0.109. The van der Waals surface area contributed by atoms with E-state index in [1.807, 2.05) is 25.1 Å². The Bertz CT molecular complexity index is 341. The predicted octanol–water partition coefficient (Wildman–Crippen LogP) is 3.16. The summed E-state index contributed by atoms with van der Waals surface area (Å²) in [6, 6.07) is 8.33. The predicted molar refractivity (Wildman–Crippen MR) is 75.1 cm³/mol. The van der Waals surface area contributed by atoms with Gasteiger partial charge in [0.2, 0.25) is 0 Å². The Morgan fingerprint density at radius 3 is 2.56 bits per heavy atom. The first-order chi connectivity index (χ1) is 8.74. The molecule has 0 saturated carbocycles. The molecule has 0 bridgehead atoms. The Morgan fingerprint density at radius 1 is 1.22 bits per heavy atom. The minimum Gasteiger partial charge on any atom is -0.494 e. The van der Waals surface area contributed by atoms with E-state index in [0.29, 0.717) is 6.61 Å². The fourth-order valence-corrected chi connectivity index (χ4v) is 1.99. The van der Waals surface area contributed by atoms with Crippen molar-refractivity contribution < 1.29 is 9.47 Å². The van der Waals surface area contributed by atoms with Crippen molar-refractivity contribution in [2.45, 2.75) is 39.3 Å². The van der Waals surface area contributed by atoms with Gasteiger partial charge in [0.1, 0.15) is 5.75 Å². The fourth-order valence-electron chi connectivity index (χ4n) is 1.99. The van der Waals surface area contributed by atoms with E-state index >= 15 is 0 Å². The molecule has 1 aromatic carbocycles. The second-order valence-corrected chi connectivity index (χ2v) is 4.34. The molecule has 0 aromatic heterocycles. The molecule has 0 aliphatic carbocycles. The Morgan fingerprint density at radius 2 is 1.94 bits per heavy atom. The fraction of sp³-hybridized carbons (Fsp3) is 0.600. The van der Waals surface area contributed by atoms with E-state index in [0.717, 1.165) is 18.7 Å². The van der Waals surface area contributed by atoms with Crippen LogP contribution in [0.5, 0.6) is 5.75 Å². The number of hydrogen-bond donors (Lipinski definition) is 1. The van der Waals surface area contributed by atoms with Crippen molar-refractivity contribution in [2.24, 2.45) is 0 Å². The van der Waals surface area contributed by atoms with Crippen LogP contribution in [-0.4, -0.2) is 26.4 Å². The summed E-state index contributed by atoms with van der Waals surface area (Å²) in [6.07, 6.45) is 1.21. The number of rotatable bonds is 8. The van der Waals surface area contributed by atoms with Gasteiger partial charge in [0.25, 0.3) is 0 Å². The highest BCUT2D eigenvalue weighted by molar-refractivity contribution is 5.36. The van der Waals surface area contributed by atoms with Crippen LogP contribution in [0.1, 0.15) is 38.8 Å². The second-order valence-electron chi connectivity index (χ2n) is 4.34. The number of nitrogens with one attached hydrogen (secondary N) is 1. The van der Waals surface area contributed by atoms with Gasteiger partial charge in [0.05, 0.1) is 18.8 Å². The van der Waals surface area contributed by atoms with Crippen molar-refractivity contribution in [1.29, 1.82) is 0 Å². The molecular weight excluding hydrogens is 226 g/mol. The average Bonchev–Trinajstić information content (AvgIpc) is 2.40. The van der Waals surface area contributed by atoms with E-state index in [-0.39, 0.29) is 12.1 Å². The zero-order valence-electron chi connectivity index (χ0n) is 11.9. The maximum atomic E-state index is 5.70. The maximum absolute atomic E-state index is 5.70. The molecule has 0 aliphatic heterocycles. The summed E-state index contributed by atoms with van der Waals surface area (Å²) in [7, 11) is 1.74. The Labute approximate surface area is 110 Å². The summed E-state index contributed by atoms with van der Waals surface area (Å²) in [4.78, 5) is 0. The van der Waals surface area contributed by atoms with Crippen molar-refractivity contribution in [3.05, 3.63) is 29.8 Å². The molecule has 0 fully saturated rings. The van der Waals surface area contributed by atoms with Gasteiger partial charge in [-0.1, -0.05) is 25.1 Å². The van der Waals surface area contributed by atoms with E-state index in [1.54, 1.807) is 7.11 Å². The Hall–Kier alpha value is -1.06. The molecule has 0 spiro atoms. The van der Waals surface area contributed by atoms with E-state index < -0.39 is 0 Å². The van der Waals surface area contributed by atoms with Crippen molar-refractivity contribution in [3.8, 4) is 5.75 Å². The van der Waals surface area contributed by atoms with E-state index in [4.69, 9.17) is 9.47 Å². The molecule has 1 N–H and O–H groups in total. The first-order valence-corrected chi connectivity index (χ1v) is 6.72. The van der Waals surface area contributed by atoms with Gasteiger partial charge in [0.15, 0.2) is 0 Å². The molecular formula is C15H25NO2. The monoisotopic (exact) mass is 251 g/mol. The van der Waals surface area contributed by atoms with Gasteiger partial charge >= 0.3 is 0 Å². The van der Waals surface area contributed by atoms with Gasteiger partial charge in [0, 0.05) is 12.7 Å². The average molecular weight is 251 g/mol. The highest BCUT2D eigenvalue weighted by Gasteiger charge is 2.21. The van der Waals surface area contributed by atoms with Gasteiger partial charge < -0.3 is 14.8 Å². The van der Waals surface area contributed by atoms with Crippen molar-refractivity contribution >= 4 is 0 Å². The van der Waals surface area contributed by atoms with E-state index in [9.17, 15) is 0 Å². The zero-order valence-corrected chi connectivity index (χ0v) is 11.9. The van der Waals surface area contributed by atoms with Crippen LogP contribution in [0.4, 0.5) is 0 Å². The van der Waals surface area contributed by atoms with Gasteiger partial charge in [-0.3, -0.25) is 0 Å². The minimum atomic E-state index is 0.109. The topological polar surface area (TPSA) is 30.5 Å². The van der Waals surface area contributed by atoms with Gasteiger partial charge in [-0.05, 0) is 32.9 Å². The highest BCUT2D eigenvalue weighted by Crippen LogP contribution is 2.28. The lowest BCUT2D eigenvalue weighted by Crippen LogP contribution is -2.32. The molecule has 3 nitrogen and oxygen atoms in total. The molecule has 3 heteroatoms. The highest BCUT2D eigenvalue weighted by atomic mass is 16.5. The van der Waals surface area contributed by atoms with Crippen molar-refractivity contribution in [1.82, 2.24) is 5.32 Å². The first kappa shape index (κ1) is 15.0. The third-order valence-corrected chi connectivity index (χ3v) is 3.01. The second kappa shape index (κ2) is 8.11. The van der Waals surface area contributed by atoms with Crippen LogP contribution in [0.3, 0.4) is 0 Å². The van der Waals surface area contributed by atoms with Crippen LogP contribution in [0.15, 0.2) is 24.3 Å². The number of para-hydroxylation sites is 1. The summed E-state index contributed by atoms with van der Waals surface area (Å²) in [6.45, 7) is 7.90. The smallest absolute Gasteiger partial charge is 0.124 e. The van der Waals surface area contributed by atoms with Gasteiger partial charge in [-0.15, -0.1) is 0 Å². The standard InChI is InChI=1S/C15H25NO2/c1-5-11-16-15(12(3)17-4)13-9-7-8-10-14(13)18-6-2/h7-10,12,15-16H,5-6,11H2,1-4H3. The lowest BCUT2D eigenvalue weighted by Gasteiger charge is -2.26. The zero-order chi connectivity index (χ0) is 13.4. The SMILES string of the molecule is CCCNC(c1ccccc1OCC)C(C)OC. The molecule has 1 rings (SSSR count). The van der Waals surface area contributed by atoms with Gasteiger partial charge in [-0.2, -0.15) is 0 Å². The summed E-state index contributed by atoms with van der Waals surface area (Å²) in [5.41, 5.74) is 1.17. The van der Waals surface area contributed by atoms with Crippen LogP contribution in [0.25, 0.3) is 0 Å². The van der Waals surface area contributed by atoms with Crippen LogP contribution in [0.2, 0.25) is 0 Å². The Kier molecular flexibility index (Phi) is 6.76. The first-order valence-electron chi connectivity index (χ1n) is 6.72. The summed E-state index contributed by atoms with van der Waals surface area (Å²) >= 11 is 0. The molecule has 1 aromatic rings. The lowest BCUT2D eigenvalue weighted by atomic mass is 10.0. The maximum Gasteiger partial charge on any atom is 0.124 e. The van der Waals surface area contributed by atoms with Crippen LogP contribution in [-0.2, 0) is 4.74 Å². The summed E-state index contributed by atoms with van der Waals surface area (Å²) < 4.78 is 11.2. The largest absolute Gasteiger partial charge is 0.494 e. The molecule has 0 radical (unpaired) electrons. The molecule has 0 aliphatic rings. The van der Waals surface area contributed by atoms with Crippen LogP contribution >= 0.6 is 0 Å². The number of ether oxygens (including phenoxy) is 2. The number of benzene rings is 1. The van der Waals surface area contributed by atoms with Crippen LogP contribution < -0.4 is 10.1 Å². The normalized spacial score (nSPS) is 14.2. The molecule has 18 heavy (non-hydrogen) atoms. The van der Waals surface area contributed by atoms with Crippen molar-refractivity contribution in [2.75, 3.05) is 20.3 Å². The molecule has 2 unspecified atom stereocenters. The molecule has 2 atom stereocenters. The number of methoxy groups -OCH3 is 1. The summed E-state index contributed by atoms with van der Waals surface area (Å²) in [5, 5.41) is 3.53. The van der Waals surface area contributed by atoms with E-state index in [2.05, 4.69) is 25.2 Å². The van der Waals surface area contributed by atoms with Crippen molar-refractivity contribution in [3.63, 3.8) is 0 Å². The number of hydrogen-bond acceptors (Lipinski definition) is 3. The Balaban J connectivity index is 2.95. The molecule has 0 saturated heterocycles. The third-order valence-electron chi connectivity index (χ3n) is 3.01. The van der Waals surface area contributed by atoms with Gasteiger partial charge in [-0.25, -0.2) is 0 Å².